The minimum absolute atomic E-state index is 0.0493. The van der Waals surface area contributed by atoms with E-state index in [0.717, 1.165) is 0 Å². The number of likely N-dealkylation sites (N-methyl/N-ethyl adjacent to an activating group) is 1. The second kappa shape index (κ2) is 9.23. The van der Waals surface area contributed by atoms with Crippen LogP contribution in [0, 0.1) is 0 Å². The van der Waals surface area contributed by atoms with Gasteiger partial charge in [0.1, 0.15) is 11.5 Å². The highest BCUT2D eigenvalue weighted by molar-refractivity contribution is 7.89. The van der Waals surface area contributed by atoms with E-state index in [2.05, 4.69) is 5.32 Å². The molecule has 2 aromatic rings. The predicted octanol–water partition coefficient (Wildman–Crippen LogP) is 1.67. The molecule has 1 aromatic carbocycles. The molecule has 1 atom stereocenters. The van der Waals surface area contributed by atoms with E-state index in [4.69, 9.17) is 9.52 Å². The lowest BCUT2D eigenvalue weighted by atomic mass is 10.2. The molecule has 0 saturated carbocycles. The maximum atomic E-state index is 12.4. The average Bonchev–Trinajstić information content (AvgIpc) is 3.00. The van der Waals surface area contributed by atoms with Gasteiger partial charge < -0.3 is 19.3 Å². The van der Waals surface area contributed by atoms with Crippen LogP contribution < -0.4 is 5.32 Å². The first-order chi connectivity index (χ1) is 13.4. The van der Waals surface area contributed by atoms with Crippen LogP contribution in [0.5, 0.6) is 0 Å². The summed E-state index contributed by atoms with van der Waals surface area (Å²) in [6, 6.07) is 11.1. The molecule has 9 heteroatoms. The van der Waals surface area contributed by atoms with Crippen molar-refractivity contribution < 1.29 is 32.0 Å². The first kappa shape index (κ1) is 22.6. The first-order valence-electron chi connectivity index (χ1n) is 9.10. The highest BCUT2D eigenvalue weighted by Crippen LogP contribution is 2.16. The Morgan fingerprint density at radius 1 is 1.07 bits per heavy atom. The number of amides is 1. The number of carbonyl (C=O) groups is 2. The topological polar surface area (TPSA) is 114 Å². The van der Waals surface area contributed by atoms with Gasteiger partial charge >= 0.3 is 5.97 Å². The molecule has 0 bridgehead atoms. The summed E-state index contributed by atoms with van der Waals surface area (Å²) in [5.41, 5.74) is 0.675. The van der Waals surface area contributed by atoms with Crippen LogP contribution in [0.2, 0.25) is 0 Å². The summed E-state index contributed by atoms with van der Waals surface area (Å²) in [6.45, 7) is 0.414. The Labute approximate surface area is 170 Å². The van der Waals surface area contributed by atoms with E-state index in [9.17, 15) is 18.0 Å². The number of hydrogen-bond donors (Lipinski definition) is 2. The fraction of sp³-hybridized carbons (Fsp3) is 0.400. The molecule has 8 nitrogen and oxygen atoms in total. The van der Waals surface area contributed by atoms with Gasteiger partial charge in [-0.05, 0) is 17.7 Å². The summed E-state index contributed by atoms with van der Waals surface area (Å²) < 4.78 is 30.6. The summed E-state index contributed by atoms with van der Waals surface area (Å²) in [6.07, 6.45) is -0.222. The molecule has 0 aliphatic heterocycles. The standard InChI is InChI=1S/C20H26N2O6S/c1-22(2,3)12-16(11-19(23)24)21-20(25)18-10-9-17(28-18)14-29(26,27)13-15-7-5-4-6-8-15/h4-10,16H,11-14H2,1-3H3,(H-,21,23,24,25)/p+1/t16-/m1/s1. The Bertz CT molecular complexity index is 945. The molecule has 1 aromatic heterocycles. The average molecular weight is 424 g/mol. The molecule has 0 radical (unpaired) electrons. The summed E-state index contributed by atoms with van der Waals surface area (Å²) in [7, 11) is 2.21. The zero-order valence-corrected chi connectivity index (χ0v) is 17.6. The van der Waals surface area contributed by atoms with Gasteiger partial charge in [-0.25, -0.2) is 8.42 Å². The molecule has 0 aliphatic carbocycles. The smallest absolute Gasteiger partial charge is 0.305 e. The van der Waals surface area contributed by atoms with Crippen LogP contribution in [0.25, 0.3) is 0 Å². The third-order valence-corrected chi connectivity index (χ3v) is 5.50. The van der Waals surface area contributed by atoms with Crippen LogP contribution in [-0.2, 0) is 26.1 Å². The number of aliphatic carboxylic acids is 1. The lowest BCUT2D eigenvalue weighted by molar-refractivity contribution is -0.871. The highest BCUT2D eigenvalue weighted by Gasteiger charge is 2.25. The summed E-state index contributed by atoms with van der Waals surface area (Å²) >= 11 is 0. The van der Waals surface area contributed by atoms with Crippen LogP contribution in [0.1, 0.15) is 28.3 Å². The van der Waals surface area contributed by atoms with E-state index in [1.165, 1.54) is 12.1 Å². The first-order valence-corrected chi connectivity index (χ1v) is 10.9. The van der Waals surface area contributed by atoms with Crippen molar-refractivity contribution in [2.45, 2.75) is 24.0 Å². The lowest BCUT2D eigenvalue weighted by Gasteiger charge is -2.28. The monoisotopic (exact) mass is 423 g/mol. The Hall–Kier alpha value is -2.65. The lowest BCUT2D eigenvalue weighted by Crippen LogP contribution is -2.49. The molecule has 158 valence electrons. The molecule has 0 fully saturated rings. The van der Waals surface area contributed by atoms with Crippen molar-refractivity contribution in [3.05, 3.63) is 59.5 Å². The predicted molar refractivity (Wildman–Crippen MR) is 108 cm³/mol. The number of carboxylic acids is 1. The maximum absolute atomic E-state index is 12.4. The number of hydrogen-bond acceptors (Lipinski definition) is 5. The molecule has 0 spiro atoms. The Balaban J connectivity index is 2.03. The Kier molecular flexibility index (Phi) is 7.21. The second-order valence-corrected chi connectivity index (χ2v) is 10.1. The zero-order valence-electron chi connectivity index (χ0n) is 16.8. The van der Waals surface area contributed by atoms with Crippen molar-refractivity contribution in [1.82, 2.24) is 5.32 Å². The number of benzene rings is 1. The highest BCUT2D eigenvalue weighted by atomic mass is 32.2. The fourth-order valence-corrected chi connectivity index (χ4v) is 4.35. The SMILES string of the molecule is C[N+](C)(C)C[C@@H](CC(=O)O)NC(=O)c1ccc(CS(=O)(=O)Cc2ccccc2)o1. The number of nitrogens with zero attached hydrogens (tertiary/aromatic N) is 1. The quantitative estimate of drug-likeness (QED) is 0.562. The summed E-state index contributed by atoms with van der Waals surface area (Å²) in [4.78, 5) is 23.5. The number of carboxylic acid groups (broad SMARTS) is 1. The third kappa shape index (κ3) is 8.08. The van der Waals surface area contributed by atoms with Crippen molar-refractivity contribution in [2.24, 2.45) is 0 Å². The number of furan rings is 1. The van der Waals surface area contributed by atoms with E-state index >= 15 is 0 Å². The minimum atomic E-state index is -3.47. The normalized spacial score (nSPS) is 13.1. The van der Waals surface area contributed by atoms with E-state index < -0.39 is 27.8 Å². The Morgan fingerprint density at radius 3 is 2.31 bits per heavy atom. The van der Waals surface area contributed by atoms with Gasteiger partial charge in [0, 0.05) is 0 Å². The largest absolute Gasteiger partial charge is 0.481 e. The van der Waals surface area contributed by atoms with Gasteiger partial charge in [0.05, 0.1) is 45.9 Å². The van der Waals surface area contributed by atoms with Gasteiger partial charge in [-0.2, -0.15) is 0 Å². The van der Waals surface area contributed by atoms with E-state index in [1.54, 1.807) is 24.3 Å². The van der Waals surface area contributed by atoms with Gasteiger partial charge in [0.2, 0.25) is 0 Å². The number of sulfone groups is 1. The molecular formula is C20H27N2O6S+. The minimum Gasteiger partial charge on any atom is -0.481 e. The van der Waals surface area contributed by atoms with Gasteiger partial charge in [-0.15, -0.1) is 0 Å². The van der Waals surface area contributed by atoms with E-state index in [0.29, 0.717) is 16.6 Å². The van der Waals surface area contributed by atoms with Gasteiger partial charge in [0.25, 0.3) is 5.91 Å². The summed E-state index contributed by atoms with van der Waals surface area (Å²) in [5.74, 6) is -1.93. The van der Waals surface area contributed by atoms with Crippen LogP contribution in [0.3, 0.4) is 0 Å². The molecule has 0 unspecified atom stereocenters. The molecular weight excluding hydrogens is 396 g/mol. The van der Waals surface area contributed by atoms with Crippen molar-refractivity contribution in [3.63, 3.8) is 0 Å². The van der Waals surface area contributed by atoms with Crippen molar-refractivity contribution >= 4 is 21.7 Å². The van der Waals surface area contributed by atoms with Crippen molar-refractivity contribution in [3.8, 4) is 0 Å². The molecule has 0 saturated heterocycles. The van der Waals surface area contributed by atoms with Gasteiger partial charge in [-0.1, -0.05) is 30.3 Å². The summed E-state index contributed by atoms with van der Waals surface area (Å²) in [5, 5.41) is 11.7. The van der Waals surface area contributed by atoms with Crippen molar-refractivity contribution in [1.29, 1.82) is 0 Å². The molecule has 1 amide bonds. The number of quaternary nitrogens is 1. The van der Waals surface area contributed by atoms with Crippen LogP contribution >= 0.6 is 0 Å². The number of nitrogens with one attached hydrogen (secondary N) is 1. The van der Waals surface area contributed by atoms with Gasteiger partial charge in [0.15, 0.2) is 15.6 Å². The van der Waals surface area contributed by atoms with Crippen LogP contribution in [0.15, 0.2) is 46.9 Å². The zero-order chi connectivity index (χ0) is 21.7. The van der Waals surface area contributed by atoms with E-state index in [-0.39, 0.29) is 29.4 Å². The third-order valence-electron chi connectivity index (χ3n) is 4.00. The fourth-order valence-electron chi connectivity index (χ4n) is 2.96. The van der Waals surface area contributed by atoms with E-state index in [1.807, 2.05) is 27.2 Å². The van der Waals surface area contributed by atoms with Crippen LogP contribution in [-0.4, -0.2) is 63.6 Å². The van der Waals surface area contributed by atoms with Crippen molar-refractivity contribution in [2.75, 3.05) is 27.7 Å². The Morgan fingerprint density at radius 2 is 1.72 bits per heavy atom. The maximum Gasteiger partial charge on any atom is 0.305 e. The molecule has 0 aliphatic rings. The number of rotatable bonds is 10. The number of carbonyl (C=O) groups excluding carboxylic acids is 1. The molecule has 29 heavy (non-hydrogen) atoms. The molecule has 1 heterocycles. The second-order valence-electron chi connectivity index (χ2n) is 8.02. The van der Waals surface area contributed by atoms with Gasteiger partial charge in [-0.3, -0.25) is 9.59 Å². The van der Waals surface area contributed by atoms with Crippen LogP contribution in [0.4, 0.5) is 0 Å². The molecule has 2 rings (SSSR count). The molecule has 2 N–H and O–H groups in total.